The molecule has 0 fully saturated rings. The summed E-state index contributed by atoms with van der Waals surface area (Å²) >= 11 is 1.82. The molecular formula is C10H17N3S. The van der Waals surface area contributed by atoms with Crippen LogP contribution in [0.4, 0.5) is 5.82 Å². The molecule has 1 rings (SSSR count). The zero-order chi connectivity index (χ0) is 10.8. The Morgan fingerprint density at radius 1 is 1.43 bits per heavy atom. The summed E-state index contributed by atoms with van der Waals surface area (Å²) in [6.45, 7) is 8.44. The van der Waals surface area contributed by atoms with Crippen LogP contribution in [0.25, 0.3) is 0 Å². The number of nitrogens with two attached hydrogens (primary N) is 1. The minimum atomic E-state index is 0.239. The monoisotopic (exact) mass is 211 g/mol. The third-order valence-corrected chi connectivity index (χ3v) is 2.96. The number of aromatic nitrogens is 2. The van der Waals surface area contributed by atoms with Gasteiger partial charge in [-0.1, -0.05) is 20.8 Å². The van der Waals surface area contributed by atoms with Crippen LogP contribution in [0, 0.1) is 6.92 Å². The van der Waals surface area contributed by atoms with Gasteiger partial charge in [0.05, 0.1) is 5.75 Å². The first kappa shape index (κ1) is 11.3. The average molecular weight is 211 g/mol. The Labute approximate surface area is 89.5 Å². The molecule has 0 spiro atoms. The van der Waals surface area contributed by atoms with Crippen LogP contribution in [0.3, 0.4) is 0 Å². The molecule has 0 bridgehead atoms. The van der Waals surface area contributed by atoms with E-state index in [0.717, 1.165) is 17.1 Å². The Hall–Kier alpha value is -0.770. The molecule has 2 N–H and O–H groups in total. The van der Waals surface area contributed by atoms with E-state index in [1.807, 2.05) is 18.7 Å². The number of thioether (sulfide) groups is 1. The molecule has 0 atom stereocenters. The van der Waals surface area contributed by atoms with Crippen molar-refractivity contribution in [2.24, 2.45) is 0 Å². The number of nitrogen functional groups attached to an aromatic ring is 1. The summed E-state index contributed by atoms with van der Waals surface area (Å²) in [6, 6.07) is 0. The van der Waals surface area contributed by atoms with E-state index < -0.39 is 0 Å². The molecule has 0 radical (unpaired) electrons. The van der Waals surface area contributed by atoms with Crippen molar-refractivity contribution in [3.63, 3.8) is 0 Å². The maximum Gasteiger partial charge on any atom is 0.140 e. The van der Waals surface area contributed by atoms with Gasteiger partial charge in [0.1, 0.15) is 11.6 Å². The third-order valence-electron chi connectivity index (χ3n) is 1.70. The Morgan fingerprint density at radius 3 is 2.57 bits per heavy atom. The smallest absolute Gasteiger partial charge is 0.140 e. The molecule has 1 heterocycles. The van der Waals surface area contributed by atoms with Gasteiger partial charge in [-0.3, -0.25) is 0 Å². The Kier molecular flexibility index (Phi) is 3.37. The summed E-state index contributed by atoms with van der Waals surface area (Å²) < 4.78 is 0.239. The fourth-order valence-corrected chi connectivity index (χ4v) is 1.55. The molecule has 14 heavy (non-hydrogen) atoms. The summed E-state index contributed by atoms with van der Waals surface area (Å²) in [6.07, 6.45) is 1.78. The largest absolute Gasteiger partial charge is 0.383 e. The van der Waals surface area contributed by atoms with Gasteiger partial charge in [0.15, 0.2) is 0 Å². The molecule has 0 aliphatic heterocycles. The molecule has 1 aromatic rings. The summed E-state index contributed by atoms with van der Waals surface area (Å²) in [4.78, 5) is 8.45. The van der Waals surface area contributed by atoms with Crippen LogP contribution in [0.1, 0.15) is 32.2 Å². The molecule has 0 saturated carbocycles. The maximum atomic E-state index is 5.70. The van der Waals surface area contributed by atoms with Crippen LogP contribution < -0.4 is 5.73 Å². The Morgan fingerprint density at radius 2 is 2.07 bits per heavy atom. The van der Waals surface area contributed by atoms with Crippen LogP contribution in [0.5, 0.6) is 0 Å². The van der Waals surface area contributed by atoms with E-state index in [4.69, 9.17) is 5.73 Å². The number of aryl methyl sites for hydroxylation is 1. The SMILES string of the molecule is Cc1cnc(CSC(C)(C)C)nc1N. The average Bonchev–Trinajstić information content (AvgIpc) is 2.06. The van der Waals surface area contributed by atoms with Crippen molar-refractivity contribution in [3.8, 4) is 0 Å². The number of nitrogens with zero attached hydrogens (tertiary/aromatic N) is 2. The zero-order valence-electron chi connectivity index (χ0n) is 9.16. The molecule has 4 heteroatoms. The molecule has 0 aromatic carbocycles. The highest BCUT2D eigenvalue weighted by Gasteiger charge is 2.11. The van der Waals surface area contributed by atoms with E-state index >= 15 is 0 Å². The first-order valence-electron chi connectivity index (χ1n) is 4.60. The molecule has 0 amide bonds. The quantitative estimate of drug-likeness (QED) is 0.816. The van der Waals surface area contributed by atoms with Gasteiger partial charge < -0.3 is 5.73 Å². The lowest BCUT2D eigenvalue weighted by Crippen LogP contribution is -2.09. The number of hydrogen-bond donors (Lipinski definition) is 1. The molecule has 0 aliphatic rings. The third kappa shape index (κ3) is 3.54. The van der Waals surface area contributed by atoms with Crippen molar-refractivity contribution < 1.29 is 0 Å². The molecule has 0 unspecified atom stereocenters. The van der Waals surface area contributed by atoms with Crippen LogP contribution >= 0.6 is 11.8 Å². The van der Waals surface area contributed by atoms with E-state index in [0.29, 0.717) is 5.82 Å². The molecule has 0 aliphatic carbocycles. The van der Waals surface area contributed by atoms with E-state index in [-0.39, 0.29) is 4.75 Å². The van der Waals surface area contributed by atoms with E-state index in [9.17, 15) is 0 Å². The van der Waals surface area contributed by atoms with E-state index in [1.165, 1.54) is 0 Å². The Bertz CT molecular complexity index is 318. The second-order valence-electron chi connectivity index (χ2n) is 4.26. The molecular weight excluding hydrogens is 194 g/mol. The lowest BCUT2D eigenvalue weighted by Gasteiger charge is -2.16. The van der Waals surface area contributed by atoms with Crippen LogP contribution in [-0.2, 0) is 5.75 Å². The van der Waals surface area contributed by atoms with Crippen molar-refractivity contribution in [2.75, 3.05) is 5.73 Å². The molecule has 0 saturated heterocycles. The lowest BCUT2D eigenvalue weighted by molar-refractivity contribution is 0.800. The summed E-state index contributed by atoms with van der Waals surface area (Å²) in [5, 5.41) is 0. The number of rotatable bonds is 2. The van der Waals surface area contributed by atoms with Crippen LogP contribution in [0.15, 0.2) is 6.20 Å². The topological polar surface area (TPSA) is 51.8 Å². The fraction of sp³-hybridized carbons (Fsp3) is 0.600. The van der Waals surface area contributed by atoms with E-state index in [1.54, 1.807) is 6.20 Å². The minimum Gasteiger partial charge on any atom is -0.383 e. The zero-order valence-corrected chi connectivity index (χ0v) is 9.98. The second kappa shape index (κ2) is 4.17. The van der Waals surface area contributed by atoms with Crippen molar-refractivity contribution >= 4 is 17.6 Å². The van der Waals surface area contributed by atoms with Gasteiger partial charge in [-0.05, 0) is 6.92 Å². The van der Waals surface area contributed by atoms with E-state index in [2.05, 4.69) is 30.7 Å². The number of anilines is 1. The lowest BCUT2D eigenvalue weighted by atomic mass is 10.3. The van der Waals surface area contributed by atoms with Gasteiger partial charge in [0.2, 0.25) is 0 Å². The van der Waals surface area contributed by atoms with Gasteiger partial charge in [-0.15, -0.1) is 11.8 Å². The minimum absolute atomic E-state index is 0.239. The summed E-state index contributed by atoms with van der Waals surface area (Å²) in [7, 11) is 0. The first-order chi connectivity index (χ1) is 6.38. The normalized spacial score (nSPS) is 11.7. The maximum absolute atomic E-state index is 5.70. The predicted molar refractivity (Wildman–Crippen MR) is 62.2 cm³/mol. The molecule has 78 valence electrons. The highest BCUT2D eigenvalue weighted by molar-refractivity contribution is 7.99. The standard InChI is InChI=1S/C10H17N3S/c1-7-5-12-8(13-9(7)11)6-14-10(2,3)4/h5H,6H2,1-4H3,(H2,11,12,13). The fourth-order valence-electron chi connectivity index (χ4n) is 0.844. The molecule has 3 nitrogen and oxygen atoms in total. The predicted octanol–water partition coefficient (Wildman–Crippen LogP) is 2.40. The van der Waals surface area contributed by atoms with Gasteiger partial charge in [-0.25, -0.2) is 9.97 Å². The van der Waals surface area contributed by atoms with Gasteiger partial charge in [0, 0.05) is 16.5 Å². The second-order valence-corrected chi connectivity index (χ2v) is 6.06. The summed E-state index contributed by atoms with van der Waals surface area (Å²) in [5.74, 6) is 2.21. The van der Waals surface area contributed by atoms with Crippen molar-refractivity contribution in [1.29, 1.82) is 0 Å². The highest BCUT2D eigenvalue weighted by Crippen LogP contribution is 2.26. The van der Waals surface area contributed by atoms with Gasteiger partial charge >= 0.3 is 0 Å². The highest BCUT2D eigenvalue weighted by atomic mass is 32.2. The van der Waals surface area contributed by atoms with Crippen LogP contribution in [0.2, 0.25) is 0 Å². The van der Waals surface area contributed by atoms with Crippen molar-refractivity contribution in [1.82, 2.24) is 9.97 Å². The number of hydrogen-bond acceptors (Lipinski definition) is 4. The van der Waals surface area contributed by atoms with Gasteiger partial charge in [-0.2, -0.15) is 0 Å². The molecule has 1 aromatic heterocycles. The Balaban J connectivity index is 2.65. The van der Waals surface area contributed by atoms with Gasteiger partial charge in [0.25, 0.3) is 0 Å². The van der Waals surface area contributed by atoms with Crippen molar-refractivity contribution in [2.45, 2.75) is 38.2 Å². The van der Waals surface area contributed by atoms with Crippen molar-refractivity contribution in [3.05, 3.63) is 17.6 Å². The summed E-state index contributed by atoms with van der Waals surface area (Å²) in [5.41, 5.74) is 6.64. The van der Waals surface area contributed by atoms with Crippen LogP contribution in [-0.4, -0.2) is 14.7 Å². The first-order valence-corrected chi connectivity index (χ1v) is 5.59.